The molecule has 1 aliphatic rings. The average Bonchev–Trinajstić information content (AvgIpc) is 2.70. The quantitative estimate of drug-likeness (QED) is 0.871. The van der Waals surface area contributed by atoms with Crippen molar-refractivity contribution in [1.29, 1.82) is 0 Å². The van der Waals surface area contributed by atoms with Gasteiger partial charge in [0.25, 0.3) is 10.0 Å². The van der Waals surface area contributed by atoms with Crippen molar-refractivity contribution in [1.82, 2.24) is 19.2 Å². The minimum atomic E-state index is -3.72. The third-order valence-electron chi connectivity index (χ3n) is 3.21. The van der Waals surface area contributed by atoms with E-state index in [1.54, 1.807) is 7.05 Å². The van der Waals surface area contributed by atoms with E-state index in [9.17, 15) is 13.2 Å². The summed E-state index contributed by atoms with van der Waals surface area (Å²) in [5.74, 6) is -0.162. The Morgan fingerprint density at radius 2 is 2.25 bits per heavy atom. The van der Waals surface area contributed by atoms with Gasteiger partial charge in [-0.2, -0.15) is 4.31 Å². The van der Waals surface area contributed by atoms with Gasteiger partial charge in [-0.15, -0.1) is 0 Å². The Bertz CT molecular complexity index is 613. The SMILES string of the molecule is CC(=O)NC1CCCN(S(=O)(=O)c2ncn(C)c2Cl)C1. The Morgan fingerprint density at radius 3 is 2.80 bits per heavy atom. The predicted molar refractivity (Wildman–Crippen MR) is 73.8 cm³/mol. The first-order valence-electron chi connectivity index (χ1n) is 6.26. The number of nitrogens with zero attached hydrogens (tertiary/aromatic N) is 3. The number of aromatic nitrogens is 2. The second-order valence-corrected chi connectivity index (χ2v) is 7.07. The zero-order valence-electron chi connectivity index (χ0n) is 11.3. The van der Waals surface area contributed by atoms with Gasteiger partial charge in [0, 0.05) is 33.1 Å². The fraction of sp³-hybridized carbons (Fsp3) is 0.636. The third-order valence-corrected chi connectivity index (χ3v) is 5.57. The number of sulfonamides is 1. The number of aryl methyl sites for hydroxylation is 1. The van der Waals surface area contributed by atoms with Crippen LogP contribution < -0.4 is 5.32 Å². The van der Waals surface area contributed by atoms with Gasteiger partial charge < -0.3 is 9.88 Å². The second kappa shape index (κ2) is 5.71. The molecule has 1 amide bonds. The Kier molecular flexibility index (Phi) is 4.36. The maximum atomic E-state index is 12.5. The Labute approximate surface area is 123 Å². The number of piperidine rings is 1. The molecule has 0 aliphatic carbocycles. The van der Waals surface area contributed by atoms with Gasteiger partial charge in [0.1, 0.15) is 5.15 Å². The van der Waals surface area contributed by atoms with Crippen LogP contribution in [-0.2, 0) is 21.9 Å². The highest BCUT2D eigenvalue weighted by Crippen LogP contribution is 2.25. The molecule has 1 saturated heterocycles. The Hall–Kier alpha value is -1.12. The molecule has 0 radical (unpaired) electrons. The molecular weight excluding hydrogens is 304 g/mol. The molecule has 0 aromatic carbocycles. The summed E-state index contributed by atoms with van der Waals surface area (Å²) in [6.45, 7) is 2.07. The van der Waals surface area contributed by atoms with Crippen LogP contribution in [-0.4, -0.2) is 47.3 Å². The van der Waals surface area contributed by atoms with Crippen molar-refractivity contribution >= 4 is 27.5 Å². The van der Waals surface area contributed by atoms with Crippen LogP contribution in [0.15, 0.2) is 11.4 Å². The number of rotatable bonds is 3. The summed E-state index contributed by atoms with van der Waals surface area (Å²) >= 11 is 5.96. The van der Waals surface area contributed by atoms with Gasteiger partial charge in [-0.25, -0.2) is 13.4 Å². The third kappa shape index (κ3) is 2.97. The fourth-order valence-corrected chi connectivity index (χ4v) is 4.17. The van der Waals surface area contributed by atoms with Crippen molar-refractivity contribution < 1.29 is 13.2 Å². The van der Waals surface area contributed by atoms with E-state index in [-0.39, 0.29) is 28.7 Å². The number of amides is 1. The molecule has 0 bridgehead atoms. The number of hydrogen-bond donors (Lipinski definition) is 1. The van der Waals surface area contributed by atoms with E-state index in [1.807, 2.05) is 0 Å². The molecule has 0 saturated carbocycles. The Morgan fingerprint density at radius 1 is 1.55 bits per heavy atom. The molecule has 2 rings (SSSR count). The van der Waals surface area contributed by atoms with E-state index in [0.717, 1.165) is 6.42 Å². The number of carbonyl (C=O) groups excluding carboxylic acids is 1. The topological polar surface area (TPSA) is 84.3 Å². The van der Waals surface area contributed by atoms with Crippen LogP contribution in [0.5, 0.6) is 0 Å². The molecule has 9 heteroatoms. The summed E-state index contributed by atoms with van der Waals surface area (Å²) in [4.78, 5) is 14.9. The maximum Gasteiger partial charge on any atom is 0.263 e. The van der Waals surface area contributed by atoms with E-state index in [2.05, 4.69) is 10.3 Å². The van der Waals surface area contributed by atoms with Crippen LogP contribution in [0.3, 0.4) is 0 Å². The van der Waals surface area contributed by atoms with Crippen molar-refractivity contribution in [2.75, 3.05) is 13.1 Å². The lowest BCUT2D eigenvalue weighted by Gasteiger charge is -2.31. The highest BCUT2D eigenvalue weighted by atomic mass is 35.5. The molecule has 2 heterocycles. The molecule has 1 atom stereocenters. The number of imidazole rings is 1. The molecule has 1 aromatic heterocycles. The van der Waals surface area contributed by atoms with E-state index in [1.165, 1.54) is 22.1 Å². The summed E-state index contributed by atoms with van der Waals surface area (Å²) in [5.41, 5.74) is 0. The van der Waals surface area contributed by atoms with Gasteiger partial charge in [-0.05, 0) is 12.8 Å². The zero-order valence-corrected chi connectivity index (χ0v) is 12.9. The van der Waals surface area contributed by atoms with E-state index < -0.39 is 10.0 Å². The van der Waals surface area contributed by atoms with Gasteiger partial charge in [0.2, 0.25) is 10.9 Å². The van der Waals surface area contributed by atoms with Crippen LogP contribution in [0, 0.1) is 0 Å². The van der Waals surface area contributed by atoms with Crippen molar-refractivity contribution in [2.24, 2.45) is 7.05 Å². The molecule has 1 aliphatic heterocycles. The smallest absolute Gasteiger partial charge is 0.263 e. The van der Waals surface area contributed by atoms with Crippen molar-refractivity contribution in [3.63, 3.8) is 0 Å². The Balaban J connectivity index is 2.21. The van der Waals surface area contributed by atoms with Gasteiger partial charge in [0.15, 0.2) is 0 Å². The zero-order chi connectivity index (χ0) is 14.9. The number of halogens is 1. The summed E-state index contributed by atoms with van der Waals surface area (Å²) in [7, 11) is -2.09. The summed E-state index contributed by atoms with van der Waals surface area (Å²) in [5, 5.41) is 2.71. The lowest BCUT2D eigenvalue weighted by molar-refractivity contribution is -0.119. The maximum absolute atomic E-state index is 12.5. The molecule has 112 valence electrons. The standard InChI is InChI=1S/C11H17ClN4O3S/c1-8(17)14-9-4-3-5-16(6-9)20(18,19)11-10(12)15(2)7-13-11/h7,9H,3-6H2,1-2H3,(H,14,17). The minimum absolute atomic E-state index is 0.0895. The van der Waals surface area contributed by atoms with Gasteiger partial charge in [-0.1, -0.05) is 11.6 Å². The predicted octanol–water partition coefficient (Wildman–Crippen LogP) is 0.363. The highest BCUT2D eigenvalue weighted by molar-refractivity contribution is 7.89. The lowest BCUT2D eigenvalue weighted by atomic mass is 10.1. The van der Waals surface area contributed by atoms with Crippen LogP contribution in [0.1, 0.15) is 19.8 Å². The van der Waals surface area contributed by atoms with Gasteiger partial charge in [-0.3, -0.25) is 4.79 Å². The van der Waals surface area contributed by atoms with Crippen molar-refractivity contribution in [2.45, 2.75) is 30.8 Å². The van der Waals surface area contributed by atoms with Crippen LogP contribution in [0.2, 0.25) is 5.15 Å². The number of carbonyl (C=O) groups is 1. The summed E-state index contributed by atoms with van der Waals surface area (Å²) < 4.78 is 27.8. The molecule has 1 N–H and O–H groups in total. The average molecular weight is 321 g/mol. The highest BCUT2D eigenvalue weighted by Gasteiger charge is 2.33. The van der Waals surface area contributed by atoms with E-state index in [4.69, 9.17) is 11.6 Å². The van der Waals surface area contributed by atoms with E-state index in [0.29, 0.717) is 13.0 Å². The molecule has 1 aromatic rings. The summed E-state index contributed by atoms with van der Waals surface area (Å²) in [6.07, 6.45) is 2.82. The van der Waals surface area contributed by atoms with Crippen molar-refractivity contribution in [3.05, 3.63) is 11.5 Å². The second-order valence-electron chi connectivity index (χ2n) is 4.85. The normalized spacial score (nSPS) is 20.9. The first kappa shape index (κ1) is 15.3. The fourth-order valence-electron chi connectivity index (χ4n) is 2.26. The lowest BCUT2D eigenvalue weighted by Crippen LogP contribution is -2.49. The van der Waals surface area contributed by atoms with Crippen LogP contribution >= 0.6 is 11.6 Å². The van der Waals surface area contributed by atoms with Crippen LogP contribution in [0.25, 0.3) is 0 Å². The summed E-state index contributed by atoms with van der Waals surface area (Å²) in [6, 6.07) is -0.168. The molecular formula is C11H17ClN4O3S. The number of hydrogen-bond acceptors (Lipinski definition) is 4. The largest absolute Gasteiger partial charge is 0.352 e. The number of nitrogens with one attached hydrogen (secondary N) is 1. The molecule has 1 unspecified atom stereocenters. The van der Waals surface area contributed by atoms with Gasteiger partial charge >= 0.3 is 0 Å². The minimum Gasteiger partial charge on any atom is -0.352 e. The molecule has 0 spiro atoms. The van der Waals surface area contributed by atoms with Crippen LogP contribution in [0.4, 0.5) is 0 Å². The first-order valence-corrected chi connectivity index (χ1v) is 8.08. The first-order chi connectivity index (χ1) is 9.32. The van der Waals surface area contributed by atoms with E-state index >= 15 is 0 Å². The molecule has 20 heavy (non-hydrogen) atoms. The monoisotopic (exact) mass is 320 g/mol. The molecule has 7 nitrogen and oxygen atoms in total. The molecule has 1 fully saturated rings. The van der Waals surface area contributed by atoms with Gasteiger partial charge in [0.05, 0.1) is 6.33 Å². The van der Waals surface area contributed by atoms with Crippen molar-refractivity contribution in [3.8, 4) is 0 Å².